The molecule has 5 nitrogen and oxygen atoms in total. The second-order valence-electron chi connectivity index (χ2n) is 7.98. The van der Waals surface area contributed by atoms with E-state index in [0.717, 1.165) is 22.3 Å². The fourth-order valence-electron chi connectivity index (χ4n) is 3.22. The number of nitrogens with one attached hydrogen (secondary N) is 1. The van der Waals surface area contributed by atoms with Crippen molar-refractivity contribution in [1.82, 2.24) is 0 Å². The Morgan fingerprint density at radius 1 is 1.03 bits per heavy atom. The van der Waals surface area contributed by atoms with Crippen molar-refractivity contribution >= 4 is 28.9 Å². The summed E-state index contributed by atoms with van der Waals surface area (Å²) in [6.45, 7) is 12.6. The lowest BCUT2D eigenvalue weighted by Crippen LogP contribution is -2.14. The first-order valence-electron chi connectivity index (χ1n) is 10.9. The molecule has 0 spiro atoms. The number of thiophene rings is 1. The van der Waals surface area contributed by atoms with E-state index >= 15 is 0 Å². The third-order valence-corrected chi connectivity index (χ3v) is 6.17. The molecule has 0 radical (unpaired) electrons. The molecule has 0 bridgehead atoms. The predicted octanol–water partition coefficient (Wildman–Crippen LogP) is 7.99. The molecule has 0 aliphatic heterocycles. The van der Waals surface area contributed by atoms with Crippen molar-refractivity contribution in [2.24, 2.45) is 0 Å². The highest BCUT2D eigenvalue weighted by Gasteiger charge is 2.23. The number of carboxylic acids is 1. The minimum Gasteiger partial charge on any atom is -0.478 e. The van der Waals surface area contributed by atoms with Crippen LogP contribution >= 0.6 is 11.3 Å². The van der Waals surface area contributed by atoms with Crippen molar-refractivity contribution in [2.75, 3.05) is 5.32 Å². The number of carboxylic acid groups (broad SMARTS) is 1. The number of benzene rings is 2. The van der Waals surface area contributed by atoms with E-state index in [1.54, 1.807) is 24.4 Å². The topological polar surface area (TPSA) is 79.5 Å². The van der Waals surface area contributed by atoms with Gasteiger partial charge in [-0.15, -0.1) is 11.3 Å². The Bertz CT molecular complexity index is 1360. The number of aryl methyl sites for hydroxylation is 2. The van der Waals surface area contributed by atoms with Gasteiger partial charge in [0.25, 0.3) is 5.91 Å². The Balaban J connectivity index is 0.000000623. The lowest BCUT2D eigenvalue weighted by Gasteiger charge is -2.06. The first-order chi connectivity index (χ1) is 16.7. The molecule has 0 aliphatic carbocycles. The molecule has 6 heteroatoms. The van der Waals surface area contributed by atoms with Crippen LogP contribution in [0.1, 0.15) is 39.0 Å². The Morgan fingerprint density at radius 3 is 2.23 bits per heavy atom. The molecule has 2 aromatic heterocycles. The first kappa shape index (κ1) is 25.5. The van der Waals surface area contributed by atoms with Gasteiger partial charge in [0.15, 0.2) is 0 Å². The summed E-state index contributed by atoms with van der Waals surface area (Å²) in [5, 5.41) is 14.2. The number of aromatic carboxylic acids is 1. The van der Waals surface area contributed by atoms with Crippen molar-refractivity contribution in [3.05, 3.63) is 113 Å². The van der Waals surface area contributed by atoms with Gasteiger partial charge in [0.1, 0.15) is 17.1 Å². The average molecular weight is 486 g/mol. The SMILES string of the molecule is C=CC(=C)C.Cc1ccc(-c2scc(NC(=O)c3cc(-c4ccccc4)oc3C)c2C(=O)O)cc1. The first-order valence-corrected chi connectivity index (χ1v) is 11.8. The largest absolute Gasteiger partial charge is 0.478 e. The number of hydrogen-bond acceptors (Lipinski definition) is 4. The van der Waals surface area contributed by atoms with Crippen molar-refractivity contribution in [1.29, 1.82) is 0 Å². The zero-order valence-corrected chi connectivity index (χ0v) is 20.7. The summed E-state index contributed by atoms with van der Waals surface area (Å²) in [5.41, 5.74) is 4.50. The summed E-state index contributed by atoms with van der Waals surface area (Å²) in [7, 11) is 0. The highest BCUT2D eigenvalue weighted by atomic mass is 32.1. The van der Waals surface area contributed by atoms with Gasteiger partial charge in [0.05, 0.1) is 16.1 Å². The smallest absolute Gasteiger partial charge is 0.339 e. The number of hydrogen-bond donors (Lipinski definition) is 2. The maximum absolute atomic E-state index is 12.9. The van der Waals surface area contributed by atoms with Gasteiger partial charge in [-0.3, -0.25) is 4.79 Å². The van der Waals surface area contributed by atoms with Crippen molar-refractivity contribution in [3.8, 4) is 21.8 Å². The van der Waals surface area contributed by atoms with Crippen LogP contribution in [0.3, 0.4) is 0 Å². The maximum Gasteiger partial charge on any atom is 0.339 e. The molecule has 0 saturated heterocycles. The van der Waals surface area contributed by atoms with Crippen LogP contribution in [-0.2, 0) is 0 Å². The maximum atomic E-state index is 12.9. The number of carbonyl (C=O) groups is 2. The number of rotatable bonds is 6. The van der Waals surface area contributed by atoms with E-state index in [0.29, 0.717) is 22.0 Å². The third-order valence-electron chi connectivity index (χ3n) is 5.14. The zero-order valence-electron chi connectivity index (χ0n) is 19.9. The Morgan fingerprint density at radius 2 is 1.66 bits per heavy atom. The van der Waals surface area contributed by atoms with Crippen LogP contribution in [0.2, 0.25) is 0 Å². The molecule has 4 rings (SSSR count). The average Bonchev–Trinajstić information content (AvgIpc) is 3.44. The lowest BCUT2D eigenvalue weighted by atomic mass is 10.1. The molecule has 0 atom stereocenters. The summed E-state index contributed by atoms with van der Waals surface area (Å²) in [6, 6.07) is 18.8. The van der Waals surface area contributed by atoms with Crippen LogP contribution in [0.25, 0.3) is 21.8 Å². The quantitative estimate of drug-likeness (QED) is 0.271. The van der Waals surface area contributed by atoms with E-state index < -0.39 is 11.9 Å². The van der Waals surface area contributed by atoms with E-state index in [-0.39, 0.29) is 11.3 Å². The van der Waals surface area contributed by atoms with Gasteiger partial charge in [0, 0.05) is 10.9 Å². The number of anilines is 1. The highest BCUT2D eigenvalue weighted by Crippen LogP contribution is 2.37. The van der Waals surface area contributed by atoms with E-state index in [2.05, 4.69) is 18.5 Å². The Hall–Kier alpha value is -4.16. The second-order valence-corrected chi connectivity index (χ2v) is 8.86. The van der Waals surface area contributed by atoms with Gasteiger partial charge in [-0.25, -0.2) is 4.79 Å². The van der Waals surface area contributed by atoms with E-state index in [1.807, 2.05) is 68.4 Å². The molecule has 2 aromatic carbocycles. The summed E-state index contributed by atoms with van der Waals surface area (Å²) in [5.74, 6) is -0.440. The van der Waals surface area contributed by atoms with Gasteiger partial charge in [0.2, 0.25) is 0 Å². The van der Waals surface area contributed by atoms with E-state index in [1.165, 1.54) is 11.3 Å². The monoisotopic (exact) mass is 485 g/mol. The zero-order chi connectivity index (χ0) is 25.5. The van der Waals surface area contributed by atoms with Crippen LogP contribution in [0.15, 0.2) is 95.3 Å². The molecular formula is C29H27NO4S. The lowest BCUT2D eigenvalue weighted by molar-refractivity contribution is 0.0699. The number of allylic oxidation sites excluding steroid dienone is 2. The Labute approximate surface area is 209 Å². The van der Waals surface area contributed by atoms with Crippen LogP contribution in [0.5, 0.6) is 0 Å². The minimum absolute atomic E-state index is 0.0848. The molecular weight excluding hydrogens is 458 g/mol. The molecule has 2 N–H and O–H groups in total. The summed E-state index contributed by atoms with van der Waals surface area (Å²) >= 11 is 1.29. The molecule has 1 amide bonds. The van der Waals surface area contributed by atoms with Crippen LogP contribution in [0.4, 0.5) is 5.69 Å². The Kier molecular flexibility index (Phi) is 8.23. The number of amides is 1. The molecule has 0 unspecified atom stereocenters. The number of carbonyl (C=O) groups excluding carboxylic acids is 1. The molecule has 35 heavy (non-hydrogen) atoms. The fraction of sp³-hybridized carbons (Fsp3) is 0.103. The normalized spacial score (nSPS) is 10.1. The van der Waals surface area contributed by atoms with Gasteiger partial charge >= 0.3 is 5.97 Å². The molecule has 178 valence electrons. The van der Waals surface area contributed by atoms with E-state index in [9.17, 15) is 14.7 Å². The van der Waals surface area contributed by atoms with Gasteiger partial charge < -0.3 is 14.8 Å². The predicted molar refractivity (Wildman–Crippen MR) is 143 cm³/mol. The fourth-order valence-corrected chi connectivity index (χ4v) is 4.22. The molecule has 0 aliphatic rings. The van der Waals surface area contributed by atoms with Gasteiger partial charge in [-0.05, 0) is 32.4 Å². The standard InChI is InChI=1S/C24H19NO4S.C5H8/c1-14-8-10-17(11-9-14)22-21(24(27)28)19(13-30-22)25-23(26)18-12-20(29-15(18)2)16-6-4-3-5-7-16;1-4-5(2)3/h3-13H,1-2H3,(H,25,26)(H,27,28);4H,1-2H2,3H3. The summed E-state index contributed by atoms with van der Waals surface area (Å²) in [6.07, 6.45) is 1.72. The molecule has 0 fully saturated rings. The minimum atomic E-state index is -1.09. The van der Waals surface area contributed by atoms with Crippen LogP contribution < -0.4 is 5.32 Å². The summed E-state index contributed by atoms with van der Waals surface area (Å²) < 4.78 is 5.75. The van der Waals surface area contributed by atoms with Crippen molar-refractivity contribution < 1.29 is 19.1 Å². The third kappa shape index (κ3) is 6.25. The van der Waals surface area contributed by atoms with Crippen molar-refractivity contribution in [3.63, 3.8) is 0 Å². The van der Waals surface area contributed by atoms with Gasteiger partial charge in [-0.2, -0.15) is 0 Å². The number of furan rings is 1. The highest BCUT2D eigenvalue weighted by molar-refractivity contribution is 7.14. The summed E-state index contributed by atoms with van der Waals surface area (Å²) in [4.78, 5) is 25.4. The molecule has 2 heterocycles. The second kappa shape index (κ2) is 11.3. The van der Waals surface area contributed by atoms with Crippen molar-refractivity contribution in [2.45, 2.75) is 20.8 Å². The van der Waals surface area contributed by atoms with Gasteiger partial charge in [-0.1, -0.05) is 85.0 Å². The molecule has 4 aromatic rings. The molecule has 0 saturated carbocycles. The van der Waals surface area contributed by atoms with Crippen LogP contribution in [-0.4, -0.2) is 17.0 Å². The van der Waals surface area contributed by atoms with Crippen LogP contribution in [0, 0.1) is 13.8 Å². The van der Waals surface area contributed by atoms with E-state index in [4.69, 9.17) is 4.42 Å².